The molecule has 7 heteroatoms. The average Bonchev–Trinajstić information content (AvgIpc) is 2.15. The Labute approximate surface area is 95.5 Å². The van der Waals surface area contributed by atoms with Crippen molar-refractivity contribution in [3.8, 4) is 0 Å². The van der Waals surface area contributed by atoms with Gasteiger partial charge in [-0.15, -0.1) is 0 Å². The Morgan fingerprint density at radius 3 is 2.18 bits per heavy atom. The first-order chi connectivity index (χ1) is 7.84. The summed E-state index contributed by atoms with van der Waals surface area (Å²) in [5.74, 6) is -4.73. The summed E-state index contributed by atoms with van der Waals surface area (Å²) in [7, 11) is 0. The van der Waals surface area contributed by atoms with E-state index in [1.165, 1.54) is 13.0 Å². The fourth-order valence-electron chi connectivity index (χ4n) is 1.45. The Hall–Kier alpha value is -2.44. The second-order valence-electron chi connectivity index (χ2n) is 3.41. The van der Waals surface area contributed by atoms with E-state index in [9.17, 15) is 19.7 Å². The SMILES string of the molecule is Cc1cc(C(C(=O)O)C(=O)O)ccc1[N+](=O)[O-]. The van der Waals surface area contributed by atoms with Crippen LogP contribution in [0, 0.1) is 17.0 Å². The number of carboxylic acid groups (broad SMARTS) is 2. The Morgan fingerprint density at radius 2 is 1.82 bits per heavy atom. The van der Waals surface area contributed by atoms with Gasteiger partial charge in [-0.1, -0.05) is 6.07 Å². The van der Waals surface area contributed by atoms with Crippen molar-refractivity contribution in [1.29, 1.82) is 0 Å². The minimum Gasteiger partial charge on any atom is -0.480 e. The molecule has 0 amide bonds. The lowest BCUT2D eigenvalue weighted by atomic mass is 9.97. The van der Waals surface area contributed by atoms with Crippen LogP contribution in [0.4, 0.5) is 5.69 Å². The van der Waals surface area contributed by atoms with Gasteiger partial charge in [0, 0.05) is 11.6 Å². The van der Waals surface area contributed by atoms with E-state index in [-0.39, 0.29) is 16.8 Å². The first-order valence-corrected chi connectivity index (χ1v) is 4.55. The van der Waals surface area contributed by atoms with E-state index in [1.54, 1.807) is 0 Å². The number of benzene rings is 1. The van der Waals surface area contributed by atoms with Crippen molar-refractivity contribution in [3.05, 3.63) is 39.4 Å². The van der Waals surface area contributed by atoms with Crippen LogP contribution < -0.4 is 0 Å². The van der Waals surface area contributed by atoms with Crippen molar-refractivity contribution >= 4 is 17.6 Å². The molecule has 0 spiro atoms. The zero-order valence-electron chi connectivity index (χ0n) is 8.78. The molecule has 0 aliphatic carbocycles. The van der Waals surface area contributed by atoms with Gasteiger partial charge in [-0.05, 0) is 18.6 Å². The minimum absolute atomic E-state index is 0.00750. The zero-order valence-corrected chi connectivity index (χ0v) is 8.78. The standard InChI is InChI=1S/C10H9NO6/c1-5-4-6(2-3-7(5)11(16)17)8(9(12)13)10(14)15/h2-4,8H,1H3,(H,12,13)(H,14,15). The molecule has 0 heterocycles. The van der Waals surface area contributed by atoms with Gasteiger partial charge in [0.05, 0.1) is 4.92 Å². The van der Waals surface area contributed by atoms with E-state index < -0.39 is 22.8 Å². The zero-order chi connectivity index (χ0) is 13.2. The number of rotatable bonds is 4. The molecule has 7 nitrogen and oxygen atoms in total. The van der Waals surface area contributed by atoms with Gasteiger partial charge >= 0.3 is 11.9 Å². The van der Waals surface area contributed by atoms with Crippen LogP contribution in [0.5, 0.6) is 0 Å². The van der Waals surface area contributed by atoms with Gasteiger partial charge in [0.1, 0.15) is 0 Å². The van der Waals surface area contributed by atoms with Crippen LogP contribution in [0.15, 0.2) is 18.2 Å². The number of nitro groups is 1. The summed E-state index contributed by atoms with van der Waals surface area (Å²) in [5.41, 5.74) is 0.0522. The van der Waals surface area contributed by atoms with Gasteiger partial charge < -0.3 is 10.2 Å². The van der Waals surface area contributed by atoms with Crippen molar-refractivity contribution in [2.24, 2.45) is 0 Å². The van der Waals surface area contributed by atoms with Crippen LogP contribution in [0.3, 0.4) is 0 Å². The molecule has 90 valence electrons. The maximum atomic E-state index is 10.8. The van der Waals surface area contributed by atoms with Crippen LogP contribution in [0.25, 0.3) is 0 Å². The maximum Gasteiger partial charge on any atom is 0.322 e. The largest absolute Gasteiger partial charge is 0.480 e. The summed E-state index contributed by atoms with van der Waals surface area (Å²) in [6.45, 7) is 1.42. The number of hydrogen-bond acceptors (Lipinski definition) is 4. The Balaban J connectivity index is 3.24. The van der Waals surface area contributed by atoms with Crippen molar-refractivity contribution in [2.75, 3.05) is 0 Å². The fraction of sp³-hybridized carbons (Fsp3) is 0.200. The summed E-state index contributed by atoms with van der Waals surface area (Å²) in [5, 5.41) is 28.0. The number of hydrogen-bond donors (Lipinski definition) is 2. The molecule has 1 rings (SSSR count). The number of aryl methyl sites for hydroxylation is 1. The van der Waals surface area contributed by atoms with Crippen molar-refractivity contribution in [1.82, 2.24) is 0 Å². The van der Waals surface area contributed by atoms with E-state index in [1.807, 2.05) is 0 Å². The third-order valence-electron chi connectivity index (χ3n) is 2.24. The Kier molecular flexibility index (Phi) is 3.42. The van der Waals surface area contributed by atoms with Gasteiger partial charge in [0.2, 0.25) is 0 Å². The topological polar surface area (TPSA) is 118 Å². The molecule has 17 heavy (non-hydrogen) atoms. The smallest absolute Gasteiger partial charge is 0.322 e. The Bertz CT molecular complexity index is 482. The third kappa shape index (κ3) is 2.57. The van der Waals surface area contributed by atoms with Gasteiger partial charge in [0.15, 0.2) is 5.92 Å². The lowest BCUT2D eigenvalue weighted by Crippen LogP contribution is -2.21. The average molecular weight is 239 g/mol. The van der Waals surface area contributed by atoms with Gasteiger partial charge in [-0.25, -0.2) is 0 Å². The second kappa shape index (κ2) is 4.60. The van der Waals surface area contributed by atoms with Gasteiger partial charge in [-0.3, -0.25) is 19.7 Å². The molecule has 1 aromatic carbocycles. The van der Waals surface area contributed by atoms with Crippen molar-refractivity contribution in [2.45, 2.75) is 12.8 Å². The van der Waals surface area contributed by atoms with Crippen LogP contribution in [0.2, 0.25) is 0 Å². The molecule has 2 N–H and O–H groups in total. The molecule has 0 aromatic heterocycles. The molecule has 0 unspecified atom stereocenters. The van der Waals surface area contributed by atoms with Crippen molar-refractivity contribution < 1.29 is 24.7 Å². The molecule has 0 fully saturated rings. The van der Waals surface area contributed by atoms with E-state index in [2.05, 4.69) is 0 Å². The lowest BCUT2D eigenvalue weighted by molar-refractivity contribution is -0.385. The van der Waals surface area contributed by atoms with E-state index in [0.29, 0.717) is 0 Å². The predicted molar refractivity (Wildman–Crippen MR) is 55.8 cm³/mol. The molecule has 0 atom stereocenters. The second-order valence-corrected chi connectivity index (χ2v) is 3.41. The van der Waals surface area contributed by atoms with Crippen LogP contribution in [0.1, 0.15) is 17.0 Å². The molecule has 0 saturated heterocycles. The number of aliphatic carboxylic acids is 2. The molecular formula is C10H9NO6. The van der Waals surface area contributed by atoms with Crippen molar-refractivity contribution in [3.63, 3.8) is 0 Å². The van der Waals surface area contributed by atoms with E-state index in [4.69, 9.17) is 10.2 Å². The monoisotopic (exact) mass is 239 g/mol. The van der Waals surface area contributed by atoms with Gasteiger partial charge in [0.25, 0.3) is 5.69 Å². The predicted octanol–water partition coefficient (Wildman–Crippen LogP) is 1.16. The highest BCUT2D eigenvalue weighted by molar-refractivity contribution is 5.99. The molecule has 0 aliphatic rings. The molecule has 0 aliphatic heterocycles. The summed E-state index contributed by atoms with van der Waals surface area (Å²) in [6.07, 6.45) is 0. The maximum absolute atomic E-state index is 10.8. The molecule has 1 aromatic rings. The highest BCUT2D eigenvalue weighted by Crippen LogP contribution is 2.24. The minimum atomic E-state index is -1.71. The highest BCUT2D eigenvalue weighted by Gasteiger charge is 2.28. The molecule has 0 saturated carbocycles. The summed E-state index contributed by atoms with van der Waals surface area (Å²) >= 11 is 0. The molecule has 0 bridgehead atoms. The van der Waals surface area contributed by atoms with Gasteiger partial charge in [-0.2, -0.15) is 0 Å². The normalized spacial score (nSPS) is 10.2. The molecular weight excluding hydrogens is 230 g/mol. The Morgan fingerprint density at radius 1 is 1.29 bits per heavy atom. The number of carbonyl (C=O) groups is 2. The fourth-order valence-corrected chi connectivity index (χ4v) is 1.45. The van der Waals surface area contributed by atoms with Crippen LogP contribution in [-0.4, -0.2) is 27.1 Å². The van der Waals surface area contributed by atoms with Crippen LogP contribution >= 0.6 is 0 Å². The first-order valence-electron chi connectivity index (χ1n) is 4.55. The summed E-state index contributed by atoms with van der Waals surface area (Å²) in [4.78, 5) is 31.4. The summed E-state index contributed by atoms with van der Waals surface area (Å²) < 4.78 is 0. The summed E-state index contributed by atoms with van der Waals surface area (Å²) in [6, 6.07) is 3.44. The molecule has 0 radical (unpaired) electrons. The number of nitrogens with zero attached hydrogens (tertiary/aromatic N) is 1. The van der Waals surface area contributed by atoms with E-state index >= 15 is 0 Å². The lowest BCUT2D eigenvalue weighted by Gasteiger charge is -2.08. The van der Waals surface area contributed by atoms with Crippen LogP contribution in [-0.2, 0) is 9.59 Å². The third-order valence-corrected chi connectivity index (χ3v) is 2.24. The number of carboxylic acids is 2. The number of nitro benzene ring substituents is 1. The first kappa shape index (κ1) is 12.6. The quantitative estimate of drug-likeness (QED) is 0.462. The van der Waals surface area contributed by atoms with E-state index in [0.717, 1.165) is 12.1 Å². The highest BCUT2D eigenvalue weighted by atomic mass is 16.6.